The van der Waals surface area contributed by atoms with Gasteiger partial charge < -0.3 is 5.73 Å². The van der Waals surface area contributed by atoms with Crippen molar-refractivity contribution in [3.05, 3.63) is 0 Å². The first-order valence-electron chi connectivity index (χ1n) is 8.38. The summed E-state index contributed by atoms with van der Waals surface area (Å²) in [6, 6.07) is 0. The van der Waals surface area contributed by atoms with Crippen LogP contribution in [-0.2, 0) is 0 Å². The van der Waals surface area contributed by atoms with Gasteiger partial charge in [-0.3, -0.25) is 0 Å². The van der Waals surface area contributed by atoms with Gasteiger partial charge >= 0.3 is 0 Å². The quantitative estimate of drug-likeness (QED) is 0.421. The van der Waals surface area contributed by atoms with Gasteiger partial charge in [-0.2, -0.15) is 0 Å². The Morgan fingerprint density at radius 1 is 0.667 bits per heavy atom. The number of rotatable bonds is 13. The molecule has 1 unspecified atom stereocenters. The molecule has 0 aliphatic rings. The van der Waals surface area contributed by atoms with E-state index >= 15 is 0 Å². The van der Waals surface area contributed by atoms with E-state index in [1.165, 1.54) is 77.0 Å². The van der Waals surface area contributed by atoms with Crippen LogP contribution in [0.25, 0.3) is 0 Å². The summed E-state index contributed by atoms with van der Waals surface area (Å²) in [4.78, 5) is 0. The molecule has 0 saturated carbocycles. The van der Waals surface area contributed by atoms with E-state index in [1.54, 1.807) is 0 Å². The average Bonchev–Trinajstić information content (AvgIpc) is 2.39. The van der Waals surface area contributed by atoms with Crippen LogP contribution in [0.15, 0.2) is 0 Å². The third-order valence-electron chi connectivity index (χ3n) is 4.26. The zero-order chi connectivity index (χ0) is 13.7. The van der Waals surface area contributed by atoms with E-state index in [-0.39, 0.29) is 0 Å². The molecule has 0 aromatic rings. The molecule has 0 radical (unpaired) electrons. The van der Waals surface area contributed by atoms with Crippen LogP contribution in [0, 0.1) is 5.41 Å². The van der Waals surface area contributed by atoms with Crippen LogP contribution in [0.4, 0.5) is 0 Å². The molecule has 1 nitrogen and oxygen atoms in total. The maximum absolute atomic E-state index is 5.94. The molecule has 0 fully saturated rings. The molecule has 1 heteroatoms. The van der Waals surface area contributed by atoms with Crippen molar-refractivity contribution in [3.8, 4) is 0 Å². The van der Waals surface area contributed by atoms with Crippen LogP contribution < -0.4 is 5.73 Å². The van der Waals surface area contributed by atoms with Crippen molar-refractivity contribution >= 4 is 0 Å². The van der Waals surface area contributed by atoms with Crippen molar-refractivity contribution in [3.63, 3.8) is 0 Å². The van der Waals surface area contributed by atoms with E-state index in [9.17, 15) is 0 Å². The van der Waals surface area contributed by atoms with E-state index in [0.717, 1.165) is 6.54 Å². The third kappa shape index (κ3) is 9.94. The minimum absolute atomic E-state index is 0.415. The van der Waals surface area contributed by atoms with Crippen LogP contribution in [0.1, 0.15) is 97.8 Å². The van der Waals surface area contributed by atoms with Crippen LogP contribution in [0.5, 0.6) is 0 Å². The van der Waals surface area contributed by atoms with Gasteiger partial charge in [0.25, 0.3) is 0 Å². The maximum Gasteiger partial charge on any atom is -0.00232 e. The second-order valence-corrected chi connectivity index (χ2v) is 6.34. The highest BCUT2D eigenvalue weighted by Gasteiger charge is 2.20. The zero-order valence-corrected chi connectivity index (χ0v) is 13.3. The second kappa shape index (κ2) is 12.0. The molecule has 0 rings (SSSR count). The van der Waals surface area contributed by atoms with Crippen molar-refractivity contribution < 1.29 is 0 Å². The first-order valence-corrected chi connectivity index (χ1v) is 8.38. The average molecular weight is 255 g/mol. The van der Waals surface area contributed by atoms with E-state index in [2.05, 4.69) is 20.8 Å². The molecule has 0 aromatic heterocycles. The van der Waals surface area contributed by atoms with Crippen molar-refractivity contribution in [1.82, 2.24) is 0 Å². The maximum atomic E-state index is 5.94. The molecule has 0 aliphatic heterocycles. The monoisotopic (exact) mass is 255 g/mol. The Balaban J connectivity index is 3.44. The standard InChI is InChI=1S/C17H37N/c1-4-6-8-9-10-11-12-13-15-17(3,16-18)14-7-5-2/h4-16,18H2,1-3H3. The van der Waals surface area contributed by atoms with Gasteiger partial charge in [0, 0.05) is 0 Å². The molecule has 0 spiro atoms. The summed E-state index contributed by atoms with van der Waals surface area (Å²) in [6.45, 7) is 7.80. The van der Waals surface area contributed by atoms with Crippen molar-refractivity contribution in [2.45, 2.75) is 97.8 Å². The molecule has 1 atom stereocenters. The Morgan fingerprint density at radius 2 is 1.11 bits per heavy atom. The lowest BCUT2D eigenvalue weighted by Gasteiger charge is -2.28. The molecule has 110 valence electrons. The van der Waals surface area contributed by atoms with Crippen LogP contribution in [0.3, 0.4) is 0 Å². The lowest BCUT2D eigenvalue weighted by atomic mass is 9.80. The Morgan fingerprint density at radius 3 is 1.61 bits per heavy atom. The zero-order valence-electron chi connectivity index (χ0n) is 13.3. The number of nitrogens with two attached hydrogens (primary N) is 1. The number of hydrogen-bond donors (Lipinski definition) is 1. The number of unbranched alkanes of at least 4 members (excludes halogenated alkanes) is 8. The Kier molecular flexibility index (Phi) is 12.0. The first kappa shape index (κ1) is 18.0. The largest absolute Gasteiger partial charge is 0.330 e. The van der Waals surface area contributed by atoms with Gasteiger partial charge in [0.15, 0.2) is 0 Å². The van der Waals surface area contributed by atoms with Crippen LogP contribution in [0.2, 0.25) is 0 Å². The third-order valence-corrected chi connectivity index (χ3v) is 4.26. The van der Waals surface area contributed by atoms with Crippen LogP contribution >= 0.6 is 0 Å². The van der Waals surface area contributed by atoms with Crippen molar-refractivity contribution in [2.75, 3.05) is 6.54 Å². The summed E-state index contributed by atoms with van der Waals surface area (Å²) in [5, 5.41) is 0. The fourth-order valence-electron chi connectivity index (χ4n) is 2.62. The molecule has 0 aromatic carbocycles. The highest BCUT2D eigenvalue weighted by Crippen LogP contribution is 2.29. The Bertz CT molecular complexity index is 167. The van der Waals surface area contributed by atoms with Gasteiger partial charge in [0.2, 0.25) is 0 Å². The highest BCUT2D eigenvalue weighted by molar-refractivity contribution is 4.75. The minimum Gasteiger partial charge on any atom is -0.330 e. The van der Waals surface area contributed by atoms with E-state index in [1.807, 2.05) is 0 Å². The summed E-state index contributed by atoms with van der Waals surface area (Å²) in [7, 11) is 0. The van der Waals surface area contributed by atoms with Gasteiger partial charge in [-0.25, -0.2) is 0 Å². The van der Waals surface area contributed by atoms with Crippen LogP contribution in [-0.4, -0.2) is 6.54 Å². The van der Waals surface area contributed by atoms with Crippen molar-refractivity contribution in [2.24, 2.45) is 11.1 Å². The normalized spacial score (nSPS) is 14.7. The lowest BCUT2D eigenvalue weighted by Crippen LogP contribution is -2.27. The summed E-state index contributed by atoms with van der Waals surface area (Å²) >= 11 is 0. The highest BCUT2D eigenvalue weighted by atomic mass is 14.6. The topological polar surface area (TPSA) is 26.0 Å². The fourth-order valence-corrected chi connectivity index (χ4v) is 2.62. The molecule has 0 heterocycles. The van der Waals surface area contributed by atoms with E-state index in [0.29, 0.717) is 5.41 Å². The smallest absolute Gasteiger partial charge is 0.00232 e. The first-order chi connectivity index (χ1) is 8.68. The molecule has 18 heavy (non-hydrogen) atoms. The SMILES string of the molecule is CCCCCCCCCCC(C)(CN)CCCC. The van der Waals surface area contributed by atoms with Crippen molar-refractivity contribution in [1.29, 1.82) is 0 Å². The van der Waals surface area contributed by atoms with E-state index < -0.39 is 0 Å². The summed E-state index contributed by atoms with van der Waals surface area (Å²) < 4.78 is 0. The van der Waals surface area contributed by atoms with Gasteiger partial charge in [-0.1, -0.05) is 85.0 Å². The predicted molar refractivity (Wildman–Crippen MR) is 83.9 cm³/mol. The molecular formula is C17H37N. The molecule has 0 saturated heterocycles. The predicted octanol–water partition coefficient (Wildman–Crippen LogP) is 5.67. The molecule has 2 N–H and O–H groups in total. The molecule has 0 aliphatic carbocycles. The molecular weight excluding hydrogens is 218 g/mol. The number of hydrogen-bond acceptors (Lipinski definition) is 1. The fraction of sp³-hybridized carbons (Fsp3) is 1.00. The summed E-state index contributed by atoms with van der Waals surface area (Å²) in [6.07, 6.45) is 16.6. The Hall–Kier alpha value is -0.0400. The van der Waals surface area contributed by atoms with Gasteiger partial charge in [-0.05, 0) is 24.8 Å². The minimum atomic E-state index is 0.415. The lowest BCUT2D eigenvalue weighted by molar-refractivity contribution is 0.263. The molecule has 0 amide bonds. The second-order valence-electron chi connectivity index (χ2n) is 6.34. The summed E-state index contributed by atoms with van der Waals surface area (Å²) in [5.74, 6) is 0. The Labute approximate surface area is 116 Å². The van der Waals surface area contributed by atoms with Gasteiger partial charge in [-0.15, -0.1) is 0 Å². The van der Waals surface area contributed by atoms with E-state index in [4.69, 9.17) is 5.73 Å². The van der Waals surface area contributed by atoms with Gasteiger partial charge in [0.05, 0.1) is 0 Å². The van der Waals surface area contributed by atoms with Gasteiger partial charge in [0.1, 0.15) is 0 Å². The molecule has 0 bridgehead atoms. The summed E-state index contributed by atoms with van der Waals surface area (Å²) in [5.41, 5.74) is 6.36.